The molecule has 0 aliphatic carbocycles. The van der Waals surface area contributed by atoms with E-state index in [0.29, 0.717) is 11.5 Å². The molecule has 2 N–H and O–H groups in total. The van der Waals surface area contributed by atoms with E-state index < -0.39 is 0 Å². The second-order valence-electron chi connectivity index (χ2n) is 6.07. The van der Waals surface area contributed by atoms with E-state index in [2.05, 4.69) is 26.8 Å². The van der Waals surface area contributed by atoms with Crippen LogP contribution >= 0.6 is 0 Å². The highest BCUT2D eigenvalue weighted by atomic mass is 16.1. The van der Waals surface area contributed by atoms with Gasteiger partial charge in [0.05, 0.1) is 6.04 Å². The number of benzene rings is 1. The first-order valence-corrected chi connectivity index (χ1v) is 7.35. The number of pyridine rings is 1. The second-order valence-corrected chi connectivity index (χ2v) is 6.07. The first-order chi connectivity index (χ1) is 9.82. The Bertz CT molecular complexity index is 714. The molecule has 1 atom stereocenters. The van der Waals surface area contributed by atoms with Crippen molar-refractivity contribution in [1.82, 2.24) is 4.57 Å². The van der Waals surface area contributed by atoms with Crippen LogP contribution in [0.5, 0.6) is 0 Å². The molecular formula is C18H24N2O. The highest BCUT2D eigenvalue weighted by molar-refractivity contribution is 5.38. The molecule has 2 rings (SSSR count). The van der Waals surface area contributed by atoms with Crippen LogP contribution in [0.4, 0.5) is 0 Å². The summed E-state index contributed by atoms with van der Waals surface area (Å²) in [7, 11) is 1.82. The molecular weight excluding hydrogens is 260 g/mol. The number of hydrogen-bond donors (Lipinski definition) is 1. The SMILES string of the molecule is Cc1ccc(C(N)c2ccc(C(C)C)n(C)c2=O)c(C)c1. The Labute approximate surface area is 126 Å². The Kier molecular flexibility index (Phi) is 4.33. The van der Waals surface area contributed by atoms with Gasteiger partial charge < -0.3 is 10.3 Å². The van der Waals surface area contributed by atoms with Crippen molar-refractivity contribution in [2.75, 3.05) is 0 Å². The molecule has 0 bridgehead atoms. The Morgan fingerprint density at radius 2 is 1.67 bits per heavy atom. The molecule has 1 aromatic heterocycles. The number of aromatic nitrogens is 1. The van der Waals surface area contributed by atoms with Crippen LogP contribution in [0, 0.1) is 13.8 Å². The van der Waals surface area contributed by atoms with Crippen molar-refractivity contribution in [3.05, 3.63) is 68.6 Å². The van der Waals surface area contributed by atoms with E-state index >= 15 is 0 Å². The lowest BCUT2D eigenvalue weighted by Gasteiger charge is -2.18. The van der Waals surface area contributed by atoms with Crippen LogP contribution < -0.4 is 11.3 Å². The average molecular weight is 284 g/mol. The quantitative estimate of drug-likeness (QED) is 0.941. The normalized spacial score (nSPS) is 12.7. The van der Waals surface area contributed by atoms with Gasteiger partial charge in [-0.05, 0) is 43.0 Å². The van der Waals surface area contributed by atoms with Crippen molar-refractivity contribution in [1.29, 1.82) is 0 Å². The fourth-order valence-corrected chi connectivity index (χ4v) is 2.83. The molecule has 112 valence electrons. The second kappa shape index (κ2) is 5.86. The third-order valence-electron chi connectivity index (χ3n) is 4.06. The zero-order valence-corrected chi connectivity index (χ0v) is 13.5. The fourth-order valence-electron chi connectivity index (χ4n) is 2.83. The summed E-state index contributed by atoms with van der Waals surface area (Å²) >= 11 is 0. The summed E-state index contributed by atoms with van der Waals surface area (Å²) in [5, 5.41) is 0. The lowest BCUT2D eigenvalue weighted by molar-refractivity contribution is 0.687. The molecule has 0 saturated carbocycles. The smallest absolute Gasteiger partial charge is 0.255 e. The van der Waals surface area contributed by atoms with E-state index in [-0.39, 0.29) is 11.6 Å². The molecule has 0 spiro atoms. The van der Waals surface area contributed by atoms with Crippen molar-refractivity contribution in [2.45, 2.75) is 39.7 Å². The molecule has 0 aliphatic heterocycles. The van der Waals surface area contributed by atoms with Crippen molar-refractivity contribution in [2.24, 2.45) is 12.8 Å². The van der Waals surface area contributed by atoms with Crippen LogP contribution in [-0.4, -0.2) is 4.57 Å². The third-order valence-corrected chi connectivity index (χ3v) is 4.06. The molecule has 2 aromatic rings. The average Bonchev–Trinajstić information content (AvgIpc) is 2.40. The van der Waals surface area contributed by atoms with E-state index in [1.54, 1.807) is 4.57 Å². The van der Waals surface area contributed by atoms with Crippen LogP contribution in [-0.2, 0) is 7.05 Å². The number of hydrogen-bond acceptors (Lipinski definition) is 2. The van der Waals surface area contributed by atoms with Crippen molar-refractivity contribution >= 4 is 0 Å². The molecule has 0 fully saturated rings. The van der Waals surface area contributed by atoms with Gasteiger partial charge in [0.15, 0.2) is 0 Å². The Morgan fingerprint density at radius 3 is 2.24 bits per heavy atom. The number of nitrogens with two attached hydrogens (primary N) is 1. The van der Waals surface area contributed by atoms with Crippen LogP contribution in [0.25, 0.3) is 0 Å². The zero-order chi connectivity index (χ0) is 15.7. The first-order valence-electron chi connectivity index (χ1n) is 7.35. The van der Waals surface area contributed by atoms with E-state index in [4.69, 9.17) is 5.73 Å². The van der Waals surface area contributed by atoms with Gasteiger partial charge in [-0.15, -0.1) is 0 Å². The first kappa shape index (κ1) is 15.5. The summed E-state index contributed by atoms with van der Waals surface area (Å²) in [4.78, 5) is 12.6. The molecule has 3 nitrogen and oxygen atoms in total. The van der Waals surface area contributed by atoms with Gasteiger partial charge in [0, 0.05) is 18.3 Å². The van der Waals surface area contributed by atoms with Gasteiger partial charge in [0.1, 0.15) is 0 Å². The summed E-state index contributed by atoms with van der Waals surface area (Å²) in [6.07, 6.45) is 0. The van der Waals surface area contributed by atoms with E-state index in [0.717, 1.165) is 16.8 Å². The summed E-state index contributed by atoms with van der Waals surface area (Å²) in [5.74, 6) is 0.314. The lowest BCUT2D eigenvalue weighted by atomic mass is 9.94. The highest BCUT2D eigenvalue weighted by Gasteiger charge is 2.17. The van der Waals surface area contributed by atoms with Crippen molar-refractivity contribution < 1.29 is 0 Å². The molecule has 0 radical (unpaired) electrons. The number of rotatable bonds is 3. The predicted octanol–water partition coefficient (Wildman–Crippen LogP) is 3.17. The maximum absolute atomic E-state index is 12.6. The molecule has 0 saturated heterocycles. The minimum Gasteiger partial charge on any atom is -0.320 e. The topological polar surface area (TPSA) is 48.0 Å². The van der Waals surface area contributed by atoms with Crippen LogP contribution in [0.2, 0.25) is 0 Å². The zero-order valence-electron chi connectivity index (χ0n) is 13.5. The van der Waals surface area contributed by atoms with E-state index in [1.165, 1.54) is 5.56 Å². The van der Waals surface area contributed by atoms with E-state index in [9.17, 15) is 4.79 Å². The number of aryl methyl sites for hydroxylation is 2. The monoisotopic (exact) mass is 284 g/mol. The molecule has 1 heterocycles. The van der Waals surface area contributed by atoms with Gasteiger partial charge in [-0.1, -0.05) is 37.6 Å². The van der Waals surface area contributed by atoms with Crippen LogP contribution in [0.15, 0.2) is 35.1 Å². The van der Waals surface area contributed by atoms with Crippen LogP contribution in [0.3, 0.4) is 0 Å². The molecule has 1 unspecified atom stereocenters. The summed E-state index contributed by atoms with van der Waals surface area (Å²) < 4.78 is 1.71. The minimum absolute atomic E-state index is 0.00586. The largest absolute Gasteiger partial charge is 0.320 e. The molecule has 0 aliphatic rings. The Hall–Kier alpha value is -1.87. The molecule has 3 heteroatoms. The van der Waals surface area contributed by atoms with Gasteiger partial charge in [-0.2, -0.15) is 0 Å². The van der Waals surface area contributed by atoms with Gasteiger partial charge in [0.2, 0.25) is 0 Å². The third kappa shape index (κ3) is 2.93. The van der Waals surface area contributed by atoms with Gasteiger partial charge >= 0.3 is 0 Å². The van der Waals surface area contributed by atoms with Crippen molar-refractivity contribution in [3.8, 4) is 0 Å². The summed E-state index contributed by atoms with van der Waals surface area (Å²) in [6.45, 7) is 8.25. The van der Waals surface area contributed by atoms with E-state index in [1.807, 2.05) is 38.2 Å². The maximum atomic E-state index is 12.6. The molecule has 21 heavy (non-hydrogen) atoms. The fraction of sp³-hybridized carbons (Fsp3) is 0.389. The Morgan fingerprint density at radius 1 is 1.05 bits per heavy atom. The van der Waals surface area contributed by atoms with Crippen LogP contribution in [0.1, 0.15) is 53.8 Å². The number of nitrogens with zero attached hydrogens (tertiary/aromatic N) is 1. The van der Waals surface area contributed by atoms with Gasteiger partial charge in [-0.25, -0.2) is 0 Å². The highest BCUT2D eigenvalue weighted by Crippen LogP contribution is 2.22. The maximum Gasteiger partial charge on any atom is 0.255 e. The predicted molar refractivity (Wildman–Crippen MR) is 87.7 cm³/mol. The lowest BCUT2D eigenvalue weighted by Crippen LogP contribution is -2.29. The minimum atomic E-state index is -0.384. The summed E-state index contributed by atoms with van der Waals surface area (Å²) in [6, 6.07) is 9.65. The molecule has 1 aromatic carbocycles. The summed E-state index contributed by atoms with van der Waals surface area (Å²) in [5.41, 5.74) is 11.3. The van der Waals surface area contributed by atoms with Crippen molar-refractivity contribution in [3.63, 3.8) is 0 Å². The Balaban J connectivity index is 2.52. The van der Waals surface area contributed by atoms with Gasteiger partial charge in [-0.3, -0.25) is 4.79 Å². The standard InChI is InChI=1S/C18H24N2O/c1-11(2)16-9-8-15(18(21)20(16)5)17(19)14-7-6-12(3)10-13(14)4/h6-11,17H,19H2,1-5H3. The van der Waals surface area contributed by atoms with Gasteiger partial charge in [0.25, 0.3) is 5.56 Å². The molecule has 0 amide bonds.